The van der Waals surface area contributed by atoms with Crippen molar-refractivity contribution < 1.29 is 19.4 Å². The first-order chi connectivity index (χ1) is 13.3. The molecule has 0 atom stereocenters. The number of benzene rings is 2. The predicted octanol–water partition coefficient (Wildman–Crippen LogP) is 3.56. The third-order valence-corrected chi connectivity index (χ3v) is 5.27. The lowest BCUT2D eigenvalue weighted by molar-refractivity contribution is -0.122. The van der Waals surface area contributed by atoms with Gasteiger partial charge in [0.2, 0.25) is 0 Å². The molecule has 8 heteroatoms. The molecule has 2 aromatic carbocycles. The number of methoxy groups -OCH3 is 1. The number of aromatic hydroxyl groups is 1. The molecule has 1 aliphatic rings. The second-order valence-corrected chi connectivity index (χ2v) is 7.26. The van der Waals surface area contributed by atoms with Crippen molar-refractivity contribution in [1.82, 2.24) is 5.32 Å². The van der Waals surface area contributed by atoms with E-state index in [4.69, 9.17) is 17.0 Å². The van der Waals surface area contributed by atoms with E-state index in [0.717, 1.165) is 12.0 Å². The first-order valence-corrected chi connectivity index (χ1v) is 9.62. The lowest BCUT2D eigenvalue weighted by Crippen LogP contribution is -2.54. The van der Waals surface area contributed by atoms with Crippen molar-refractivity contribution in [3.05, 3.63) is 57.6 Å². The smallest absolute Gasteiger partial charge is 0.270 e. The molecule has 144 valence electrons. The molecule has 3 rings (SSSR count). The lowest BCUT2D eigenvalue weighted by Gasteiger charge is -2.29. The zero-order valence-electron chi connectivity index (χ0n) is 15.2. The molecular formula is C20H17BrN2O4S. The van der Waals surface area contributed by atoms with E-state index in [9.17, 15) is 14.7 Å². The van der Waals surface area contributed by atoms with Gasteiger partial charge in [0.1, 0.15) is 5.57 Å². The largest absolute Gasteiger partial charge is 0.504 e. The fourth-order valence-corrected chi connectivity index (χ4v) is 3.49. The number of aryl methyl sites for hydroxylation is 1. The number of anilines is 1. The number of amides is 2. The summed E-state index contributed by atoms with van der Waals surface area (Å²) < 4.78 is 5.60. The predicted molar refractivity (Wildman–Crippen MR) is 114 cm³/mol. The van der Waals surface area contributed by atoms with Crippen LogP contribution < -0.4 is 15.0 Å². The van der Waals surface area contributed by atoms with Gasteiger partial charge in [-0.25, -0.2) is 0 Å². The van der Waals surface area contributed by atoms with Gasteiger partial charge in [0.05, 0.1) is 12.8 Å². The Labute approximate surface area is 175 Å². The number of thiocarbonyl (C=S) groups is 1. The molecule has 0 bridgehead atoms. The Morgan fingerprint density at radius 2 is 1.93 bits per heavy atom. The molecule has 0 saturated carbocycles. The molecule has 0 aromatic heterocycles. The number of rotatable bonds is 4. The summed E-state index contributed by atoms with van der Waals surface area (Å²) in [4.78, 5) is 26.8. The molecule has 0 aliphatic carbocycles. The minimum atomic E-state index is -0.588. The fraction of sp³-hybridized carbons (Fsp3) is 0.150. The van der Waals surface area contributed by atoms with Crippen molar-refractivity contribution in [1.29, 1.82) is 0 Å². The van der Waals surface area contributed by atoms with Crippen LogP contribution in [0.25, 0.3) is 6.08 Å². The summed E-state index contributed by atoms with van der Waals surface area (Å²) in [6.07, 6.45) is 2.30. The van der Waals surface area contributed by atoms with E-state index in [0.29, 0.717) is 15.7 Å². The van der Waals surface area contributed by atoms with Crippen LogP contribution in [0.1, 0.15) is 18.1 Å². The Kier molecular flexibility index (Phi) is 5.81. The molecule has 1 fully saturated rings. The molecule has 0 unspecified atom stereocenters. The van der Waals surface area contributed by atoms with Gasteiger partial charge in [-0.15, -0.1) is 0 Å². The average molecular weight is 461 g/mol. The van der Waals surface area contributed by atoms with Gasteiger partial charge >= 0.3 is 0 Å². The summed E-state index contributed by atoms with van der Waals surface area (Å²) in [6, 6.07) is 10.4. The van der Waals surface area contributed by atoms with Crippen molar-refractivity contribution in [2.75, 3.05) is 12.0 Å². The highest BCUT2D eigenvalue weighted by Crippen LogP contribution is 2.34. The van der Waals surface area contributed by atoms with Crippen LogP contribution in [0, 0.1) is 0 Å². The van der Waals surface area contributed by atoms with E-state index >= 15 is 0 Å². The Hall–Kier alpha value is -2.71. The van der Waals surface area contributed by atoms with E-state index in [1.807, 2.05) is 19.1 Å². The molecule has 2 amide bonds. The van der Waals surface area contributed by atoms with Gasteiger partial charge in [0.25, 0.3) is 11.8 Å². The third kappa shape index (κ3) is 3.79. The van der Waals surface area contributed by atoms with Crippen LogP contribution in [0.3, 0.4) is 0 Å². The van der Waals surface area contributed by atoms with Gasteiger partial charge in [0, 0.05) is 4.47 Å². The van der Waals surface area contributed by atoms with Crippen LogP contribution in [-0.4, -0.2) is 29.1 Å². The first-order valence-electron chi connectivity index (χ1n) is 8.42. The Morgan fingerprint density at radius 3 is 2.54 bits per heavy atom. The van der Waals surface area contributed by atoms with Crippen LogP contribution in [-0.2, 0) is 16.0 Å². The quantitative estimate of drug-likeness (QED) is 0.414. The monoisotopic (exact) mass is 460 g/mol. The van der Waals surface area contributed by atoms with E-state index in [-0.39, 0.29) is 22.2 Å². The zero-order chi connectivity index (χ0) is 20.4. The summed E-state index contributed by atoms with van der Waals surface area (Å²) in [6.45, 7) is 2.04. The second-order valence-electron chi connectivity index (χ2n) is 6.02. The number of carbonyl (C=O) groups excluding carboxylic acids is 2. The molecule has 6 nitrogen and oxygen atoms in total. The van der Waals surface area contributed by atoms with Gasteiger partial charge in [0.15, 0.2) is 16.6 Å². The van der Waals surface area contributed by atoms with Crippen molar-refractivity contribution in [2.24, 2.45) is 0 Å². The van der Waals surface area contributed by atoms with Crippen LogP contribution in [0.5, 0.6) is 11.5 Å². The summed E-state index contributed by atoms with van der Waals surface area (Å²) in [5.74, 6) is -0.955. The summed E-state index contributed by atoms with van der Waals surface area (Å²) in [5, 5.41) is 12.4. The number of nitrogens with zero attached hydrogens (tertiary/aromatic N) is 1. The second kappa shape index (κ2) is 8.12. The third-order valence-electron chi connectivity index (χ3n) is 4.30. The van der Waals surface area contributed by atoms with E-state index < -0.39 is 11.8 Å². The molecule has 28 heavy (non-hydrogen) atoms. The lowest BCUT2D eigenvalue weighted by atomic mass is 10.1. The topological polar surface area (TPSA) is 78.9 Å². The van der Waals surface area contributed by atoms with Crippen molar-refractivity contribution in [3.63, 3.8) is 0 Å². The number of nitrogens with one attached hydrogen (secondary N) is 1. The minimum absolute atomic E-state index is 0.0266. The first kappa shape index (κ1) is 20.0. The molecule has 0 spiro atoms. The number of halogens is 1. The standard InChI is InChI=1S/C20H17BrN2O4S/c1-3-11-4-6-13(7-5-11)23-19(26)14(18(25)22-20(23)28)8-12-9-17(27-2)16(24)10-15(12)21/h4-10,24H,3H2,1-2H3,(H,22,25,28)/b14-8+. The molecule has 1 saturated heterocycles. The minimum Gasteiger partial charge on any atom is -0.504 e. The van der Waals surface area contributed by atoms with Crippen molar-refractivity contribution >= 4 is 56.8 Å². The molecule has 1 aliphatic heterocycles. The number of phenols is 1. The van der Waals surface area contributed by atoms with Crippen LogP contribution in [0.15, 0.2) is 46.4 Å². The van der Waals surface area contributed by atoms with Crippen molar-refractivity contribution in [2.45, 2.75) is 13.3 Å². The Bertz CT molecular complexity index is 1000. The van der Waals surface area contributed by atoms with E-state index in [2.05, 4.69) is 21.2 Å². The van der Waals surface area contributed by atoms with Crippen molar-refractivity contribution in [3.8, 4) is 11.5 Å². The number of ether oxygens (including phenoxy) is 1. The van der Waals surface area contributed by atoms with Gasteiger partial charge in [-0.2, -0.15) is 0 Å². The normalized spacial score (nSPS) is 15.8. The maximum absolute atomic E-state index is 13.1. The highest BCUT2D eigenvalue weighted by Gasteiger charge is 2.34. The summed E-state index contributed by atoms with van der Waals surface area (Å²) in [7, 11) is 1.42. The Morgan fingerprint density at radius 1 is 1.25 bits per heavy atom. The number of phenolic OH excluding ortho intramolecular Hbond substituents is 1. The van der Waals surface area contributed by atoms with Gasteiger partial charge in [-0.3, -0.25) is 19.8 Å². The zero-order valence-corrected chi connectivity index (χ0v) is 17.6. The highest BCUT2D eigenvalue weighted by atomic mass is 79.9. The van der Waals surface area contributed by atoms with Gasteiger partial charge in [-0.05, 0) is 60.1 Å². The van der Waals surface area contributed by atoms with E-state index in [1.165, 1.54) is 30.2 Å². The fourth-order valence-electron chi connectivity index (χ4n) is 2.76. The highest BCUT2D eigenvalue weighted by molar-refractivity contribution is 9.10. The Balaban J connectivity index is 2.03. The van der Waals surface area contributed by atoms with Crippen LogP contribution in [0.2, 0.25) is 0 Å². The van der Waals surface area contributed by atoms with Crippen LogP contribution in [0.4, 0.5) is 5.69 Å². The molecule has 1 heterocycles. The maximum atomic E-state index is 13.1. The molecule has 2 aromatic rings. The number of hydrogen-bond donors (Lipinski definition) is 2. The molecular weight excluding hydrogens is 444 g/mol. The SMILES string of the molecule is CCc1ccc(N2C(=O)/C(=C/c3cc(OC)c(O)cc3Br)C(=O)NC2=S)cc1. The maximum Gasteiger partial charge on any atom is 0.270 e. The van der Waals surface area contributed by atoms with Crippen LogP contribution >= 0.6 is 28.1 Å². The van der Waals surface area contributed by atoms with Gasteiger partial charge in [-0.1, -0.05) is 35.0 Å². The average Bonchev–Trinajstić information content (AvgIpc) is 2.67. The van der Waals surface area contributed by atoms with Gasteiger partial charge < -0.3 is 9.84 Å². The number of carbonyl (C=O) groups is 2. The molecule has 0 radical (unpaired) electrons. The molecule has 2 N–H and O–H groups in total. The number of hydrogen-bond acceptors (Lipinski definition) is 5. The van der Waals surface area contributed by atoms with E-state index in [1.54, 1.807) is 12.1 Å². The summed E-state index contributed by atoms with van der Waals surface area (Å²) >= 11 is 8.53. The summed E-state index contributed by atoms with van der Waals surface area (Å²) in [5.41, 5.74) is 2.11.